The summed E-state index contributed by atoms with van der Waals surface area (Å²) in [6.45, 7) is 28.2. The summed E-state index contributed by atoms with van der Waals surface area (Å²) >= 11 is 0. The Hall–Kier alpha value is -1.35. The summed E-state index contributed by atoms with van der Waals surface area (Å²) in [7, 11) is 0. The average molecular weight is 444 g/mol. The normalized spacial score (nSPS) is 19.8. The number of hydrogen-bond donors (Lipinski definition) is 0. The van der Waals surface area contributed by atoms with E-state index in [1.807, 2.05) is 0 Å². The van der Waals surface area contributed by atoms with Crippen LogP contribution in [0, 0.1) is 6.92 Å². The van der Waals surface area contributed by atoms with Gasteiger partial charge in [-0.25, -0.2) is 0 Å². The minimum atomic E-state index is -0.0678. The molecule has 0 N–H and O–H groups in total. The first-order valence-corrected chi connectivity index (χ1v) is 12.5. The van der Waals surface area contributed by atoms with Crippen LogP contribution >= 0.6 is 0 Å². The molecule has 3 nitrogen and oxygen atoms in total. The van der Waals surface area contributed by atoms with Gasteiger partial charge in [0.25, 0.3) is 0 Å². The molecule has 0 spiro atoms. The van der Waals surface area contributed by atoms with E-state index in [-0.39, 0.29) is 34.0 Å². The van der Waals surface area contributed by atoms with Gasteiger partial charge >= 0.3 is 5.97 Å². The zero-order valence-electron chi connectivity index (χ0n) is 23.0. The molecule has 1 aromatic rings. The predicted octanol–water partition coefficient (Wildman–Crippen LogP) is 7.11. The van der Waals surface area contributed by atoms with Gasteiger partial charge in [0.1, 0.15) is 6.10 Å². The Morgan fingerprint density at radius 3 is 1.78 bits per heavy atom. The van der Waals surface area contributed by atoms with Crippen molar-refractivity contribution in [2.75, 3.05) is 6.54 Å². The van der Waals surface area contributed by atoms with Crippen molar-refractivity contribution in [2.45, 2.75) is 137 Å². The van der Waals surface area contributed by atoms with Crippen LogP contribution in [0.15, 0.2) is 12.1 Å². The van der Waals surface area contributed by atoms with Gasteiger partial charge in [-0.3, -0.25) is 9.69 Å². The number of aryl methyl sites for hydroxylation is 1. The molecule has 1 aromatic carbocycles. The second-order valence-corrected chi connectivity index (χ2v) is 13.2. The predicted molar refractivity (Wildman–Crippen MR) is 137 cm³/mol. The van der Waals surface area contributed by atoms with Crippen LogP contribution in [0.1, 0.15) is 118 Å². The maximum atomic E-state index is 12.9. The molecule has 0 aromatic heterocycles. The van der Waals surface area contributed by atoms with Crippen molar-refractivity contribution in [3.63, 3.8) is 0 Å². The fourth-order valence-electron chi connectivity index (χ4n) is 6.13. The molecule has 1 saturated heterocycles. The van der Waals surface area contributed by atoms with Gasteiger partial charge in [-0.1, -0.05) is 60.6 Å². The number of likely N-dealkylation sites (tertiary alicyclic amines) is 1. The first-order chi connectivity index (χ1) is 14.4. The Bertz CT molecular complexity index is 768. The highest BCUT2D eigenvalue weighted by Gasteiger charge is 2.45. The number of benzene rings is 1. The molecule has 0 amide bonds. The Morgan fingerprint density at radius 2 is 1.41 bits per heavy atom. The number of rotatable bonds is 5. The van der Waals surface area contributed by atoms with E-state index in [0.717, 1.165) is 25.8 Å². The first kappa shape index (κ1) is 26.9. The third-order valence-electron chi connectivity index (χ3n) is 7.23. The van der Waals surface area contributed by atoms with Crippen molar-refractivity contribution in [3.8, 4) is 0 Å². The van der Waals surface area contributed by atoms with Gasteiger partial charge < -0.3 is 4.74 Å². The van der Waals surface area contributed by atoms with Crippen LogP contribution in [-0.2, 0) is 26.8 Å². The Balaban J connectivity index is 2.15. The van der Waals surface area contributed by atoms with Gasteiger partial charge in [0, 0.05) is 30.3 Å². The lowest BCUT2D eigenvalue weighted by molar-refractivity contribution is -0.160. The van der Waals surface area contributed by atoms with Crippen molar-refractivity contribution < 1.29 is 9.53 Å². The molecule has 0 atom stereocenters. The molecule has 1 heterocycles. The molecule has 3 heteroatoms. The Labute approximate surface area is 198 Å². The number of carbonyl (C=O) groups is 1. The van der Waals surface area contributed by atoms with Crippen LogP contribution in [0.5, 0.6) is 0 Å². The SMILES string of the molecule is CCN1C(C)(C)CC(OC(=O)CCc2cc(C(C)(C)C)c(C)c(C(C)(C)C)c2)CC1(C)C. The van der Waals surface area contributed by atoms with Gasteiger partial charge in [0.05, 0.1) is 0 Å². The molecule has 0 bridgehead atoms. The standard InChI is InChI=1S/C29H49NO2/c1-13-30-28(9,10)18-22(19-29(30,11)12)32-25(31)15-14-21-16-23(26(3,4)5)20(2)24(17-21)27(6,7)8/h16-17,22H,13-15,18-19H2,1-12H3. The number of piperidine rings is 1. The molecular weight excluding hydrogens is 394 g/mol. The first-order valence-electron chi connectivity index (χ1n) is 12.5. The summed E-state index contributed by atoms with van der Waals surface area (Å²) in [4.78, 5) is 15.4. The lowest BCUT2D eigenvalue weighted by atomic mass is 9.75. The lowest BCUT2D eigenvalue weighted by Crippen LogP contribution is -2.62. The van der Waals surface area contributed by atoms with E-state index < -0.39 is 0 Å². The van der Waals surface area contributed by atoms with Crippen LogP contribution in [-0.4, -0.2) is 34.6 Å². The molecule has 0 radical (unpaired) electrons. The van der Waals surface area contributed by atoms with E-state index in [4.69, 9.17) is 4.74 Å². The molecule has 0 saturated carbocycles. The summed E-state index contributed by atoms with van der Waals surface area (Å²) in [5.74, 6) is -0.0678. The maximum Gasteiger partial charge on any atom is 0.306 e. The summed E-state index contributed by atoms with van der Waals surface area (Å²) in [5, 5.41) is 0. The molecule has 0 aliphatic carbocycles. The van der Waals surface area contributed by atoms with E-state index >= 15 is 0 Å². The van der Waals surface area contributed by atoms with E-state index in [1.165, 1.54) is 22.3 Å². The fraction of sp³-hybridized carbons (Fsp3) is 0.759. The van der Waals surface area contributed by atoms with E-state index in [1.54, 1.807) is 0 Å². The number of hydrogen-bond acceptors (Lipinski definition) is 3. The minimum absolute atomic E-state index is 0.0106. The molecule has 0 unspecified atom stereocenters. The van der Waals surface area contributed by atoms with E-state index in [0.29, 0.717) is 6.42 Å². The molecule has 1 aliphatic rings. The molecular formula is C29H49NO2. The van der Waals surface area contributed by atoms with Crippen molar-refractivity contribution in [1.82, 2.24) is 4.90 Å². The maximum absolute atomic E-state index is 12.9. The molecule has 182 valence electrons. The molecule has 32 heavy (non-hydrogen) atoms. The van der Waals surface area contributed by atoms with Crippen LogP contribution in [0.3, 0.4) is 0 Å². The van der Waals surface area contributed by atoms with Gasteiger partial charge in [-0.05, 0) is 80.7 Å². The number of nitrogens with zero attached hydrogens (tertiary/aromatic N) is 1. The Morgan fingerprint density at radius 1 is 0.969 bits per heavy atom. The van der Waals surface area contributed by atoms with Gasteiger partial charge in [0.2, 0.25) is 0 Å². The lowest BCUT2D eigenvalue weighted by Gasteiger charge is -2.54. The highest BCUT2D eigenvalue weighted by Crippen LogP contribution is 2.39. The van der Waals surface area contributed by atoms with E-state index in [9.17, 15) is 4.79 Å². The number of carbonyl (C=O) groups excluding carboxylic acids is 1. The highest BCUT2D eigenvalue weighted by atomic mass is 16.5. The minimum Gasteiger partial charge on any atom is -0.462 e. The molecule has 1 aliphatic heterocycles. The number of ether oxygens (including phenoxy) is 1. The zero-order chi connectivity index (χ0) is 24.7. The third-order valence-corrected chi connectivity index (χ3v) is 7.23. The second kappa shape index (κ2) is 9.12. The number of esters is 1. The Kier molecular flexibility index (Phi) is 7.67. The highest BCUT2D eigenvalue weighted by molar-refractivity contribution is 5.70. The smallest absolute Gasteiger partial charge is 0.306 e. The van der Waals surface area contributed by atoms with Gasteiger partial charge in [-0.2, -0.15) is 0 Å². The summed E-state index contributed by atoms with van der Waals surface area (Å²) < 4.78 is 6.03. The average Bonchev–Trinajstić information content (AvgIpc) is 2.56. The quantitative estimate of drug-likeness (QED) is 0.454. The van der Waals surface area contributed by atoms with E-state index in [2.05, 4.69) is 100 Å². The monoisotopic (exact) mass is 443 g/mol. The summed E-state index contributed by atoms with van der Waals surface area (Å²) in [6, 6.07) is 4.62. The van der Waals surface area contributed by atoms with Crippen LogP contribution < -0.4 is 0 Å². The molecule has 2 rings (SSSR count). The third kappa shape index (κ3) is 6.16. The second-order valence-electron chi connectivity index (χ2n) is 13.2. The van der Waals surface area contributed by atoms with Crippen molar-refractivity contribution in [2.24, 2.45) is 0 Å². The van der Waals surface area contributed by atoms with Crippen molar-refractivity contribution in [3.05, 3.63) is 34.4 Å². The van der Waals surface area contributed by atoms with Crippen LogP contribution in [0.4, 0.5) is 0 Å². The summed E-state index contributed by atoms with van der Waals surface area (Å²) in [5.41, 5.74) is 5.58. The van der Waals surface area contributed by atoms with Crippen molar-refractivity contribution in [1.29, 1.82) is 0 Å². The topological polar surface area (TPSA) is 29.5 Å². The van der Waals surface area contributed by atoms with Crippen LogP contribution in [0.25, 0.3) is 0 Å². The van der Waals surface area contributed by atoms with Gasteiger partial charge in [-0.15, -0.1) is 0 Å². The van der Waals surface area contributed by atoms with Crippen molar-refractivity contribution >= 4 is 5.97 Å². The van der Waals surface area contributed by atoms with Gasteiger partial charge in [0.15, 0.2) is 0 Å². The zero-order valence-corrected chi connectivity index (χ0v) is 23.0. The molecule has 1 fully saturated rings. The summed E-state index contributed by atoms with van der Waals surface area (Å²) in [6.07, 6.45) is 2.94. The van der Waals surface area contributed by atoms with Crippen LogP contribution in [0.2, 0.25) is 0 Å². The fourth-order valence-corrected chi connectivity index (χ4v) is 6.13. The largest absolute Gasteiger partial charge is 0.462 e.